The van der Waals surface area contributed by atoms with Crippen molar-refractivity contribution in [2.45, 2.75) is 31.7 Å². The summed E-state index contributed by atoms with van der Waals surface area (Å²) in [7, 11) is 1.56. The number of piperidine rings is 1. The fourth-order valence-electron chi connectivity index (χ4n) is 2.26. The maximum absolute atomic E-state index is 12.3. The standard InChI is InChI=1S/C14H19ClN2O2/c1-14(7-3-4-8-16-14)13(18)17-10-5-6-12(19-2)11(15)9-10/h5-6,9,16H,3-4,7-8H2,1-2H3,(H,17,18). The van der Waals surface area contributed by atoms with Gasteiger partial charge in [0.2, 0.25) is 5.91 Å². The molecule has 19 heavy (non-hydrogen) atoms. The highest BCUT2D eigenvalue weighted by Crippen LogP contribution is 2.28. The molecule has 1 aromatic rings. The molecule has 1 atom stereocenters. The molecule has 0 bridgehead atoms. The topological polar surface area (TPSA) is 50.4 Å². The lowest BCUT2D eigenvalue weighted by atomic mass is 9.90. The number of ether oxygens (including phenoxy) is 1. The molecule has 5 heteroatoms. The van der Waals surface area contributed by atoms with Crippen LogP contribution in [0.4, 0.5) is 5.69 Å². The summed E-state index contributed by atoms with van der Waals surface area (Å²) in [6.07, 6.45) is 3.04. The molecule has 1 heterocycles. The Balaban J connectivity index is 2.08. The minimum absolute atomic E-state index is 0.0200. The number of methoxy groups -OCH3 is 1. The number of halogens is 1. The molecular formula is C14H19ClN2O2. The predicted molar refractivity (Wildman–Crippen MR) is 76.9 cm³/mol. The SMILES string of the molecule is COc1ccc(NC(=O)C2(C)CCCCN2)cc1Cl. The van der Waals surface area contributed by atoms with Crippen LogP contribution in [0.3, 0.4) is 0 Å². The van der Waals surface area contributed by atoms with E-state index in [4.69, 9.17) is 16.3 Å². The largest absolute Gasteiger partial charge is 0.495 e. The van der Waals surface area contributed by atoms with Crippen LogP contribution in [0.5, 0.6) is 5.75 Å². The highest BCUT2D eigenvalue weighted by Gasteiger charge is 2.34. The highest BCUT2D eigenvalue weighted by atomic mass is 35.5. The Morgan fingerprint density at radius 1 is 1.47 bits per heavy atom. The van der Waals surface area contributed by atoms with Crippen molar-refractivity contribution in [1.82, 2.24) is 5.32 Å². The lowest BCUT2D eigenvalue weighted by Gasteiger charge is -2.33. The van der Waals surface area contributed by atoms with Crippen molar-refractivity contribution in [3.8, 4) is 5.75 Å². The molecule has 2 N–H and O–H groups in total. The van der Waals surface area contributed by atoms with E-state index in [1.165, 1.54) is 0 Å². The maximum Gasteiger partial charge on any atom is 0.244 e. The van der Waals surface area contributed by atoms with Crippen LogP contribution in [-0.2, 0) is 4.79 Å². The lowest BCUT2D eigenvalue weighted by molar-refractivity contribution is -0.122. The molecule has 104 valence electrons. The molecule has 0 aliphatic carbocycles. The summed E-state index contributed by atoms with van der Waals surface area (Å²) in [4.78, 5) is 12.3. The third-order valence-corrected chi connectivity index (χ3v) is 3.82. The van der Waals surface area contributed by atoms with Crippen LogP contribution in [0.15, 0.2) is 18.2 Å². The first kappa shape index (κ1) is 14.2. The van der Waals surface area contributed by atoms with Crippen molar-refractivity contribution in [2.24, 2.45) is 0 Å². The number of hydrogen-bond acceptors (Lipinski definition) is 3. The van der Waals surface area contributed by atoms with Gasteiger partial charge in [-0.15, -0.1) is 0 Å². The van der Waals surface area contributed by atoms with Crippen molar-refractivity contribution in [1.29, 1.82) is 0 Å². The molecule has 1 unspecified atom stereocenters. The van der Waals surface area contributed by atoms with E-state index in [2.05, 4.69) is 10.6 Å². The third kappa shape index (κ3) is 3.19. The maximum atomic E-state index is 12.3. The second-order valence-electron chi connectivity index (χ2n) is 5.02. The Hall–Kier alpha value is -1.26. The van der Waals surface area contributed by atoms with Gasteiger partial charge in [-0.05, 0) is 50.9 Å². The first-order valence-electron chi connectivity index (χ1n) is 6.45. The average molecular weight is 283 g/mol. The van der Waals surface area contributed by atoms with Gasteiger partial charge in [-0.2, -0.15) is 0 Å². The summed E-state index contributed by atoms with van der Waals surface area (Å²) in [6, 6.07) is 5.23. The molecule has 1 aliphatic rings. The van der Waals surface area contributed by atoms with E-state index in [-0.39, 0.29) is 5.91 Å². The minimum atomic E-state index is -0.495. The van der Waals surface area contributed by atoms with E-state index in [0.29, 0.717) is 16.5 Å². The number of benzene rings is 1. The van der Waals surface area contributed by atoms with Gasteiger partial charge in [-0.3, -0.25) is 4.79 Å². The highest BCUT2D eigenvalue weighted by molar-refractivity contribution is 6.32. The molecule has 1 fully saturated rings. The fraction of sp³-hybridized carbons (Fsp3) is 0.500. The van der Waals surface area contributed by atoms with Crippen LogP contribution in [0.1, 0.15) is 26.2 Å². The van der Waals surface area contributed by atoms with Gasteiger partial charge >= 0.3 is 0 Å². The summed E-state index contributed by atoms with van der Waals surface area (Å²) in [5.41, 5.74) is 0.189. The molecule has 1 aliphatic heterocycles. The summed E-state index contributed by atoms with van der Waals surface area (Å²) in [5.74, 6) is 0.579. The molecule has 1 saturated heterocycles. The zero-order chi connectivity index (χ0) is 13.9. The molecule has 0 spiro atoms. The summed E-state index contributed by atoms with van der Waals surface area (Å²) >= 11 is 6.04. The third-order valence-electron chi connectivity index (χ3n) is 3.53. The van der Waals surface area contributed by atoms with E-state index in [1.54, 1.807) is 25.3 Å². The van der Waals surface area contributed by atoms with Gasteiger partial charge in [0.25, 0.3) is 0 Å². The second kappa shape index (κ2) is 5.80. The van der Waals surface area contributed by atoms with Crippen molar-refractivity contribution < 1.29 is 9.53 Å². The van der Waals surface area contributed by atoms with Crippen LogP contribution in [0.2, 0.25) is 5.02 Å². The summed E-state index contributed by atoms with van der Waals surface area (Å²) < 4.78 is 5.08. The van der Waals surface area contributed by atoms with Crippen LogP contribution in [0.25, 0.3) is 0 Å². The molecule has 0 radical (unpaired) electrons. The van der Waals surface area contributed by atoms with Crippen molar-refractivity contribution in [2.75, 3.05) is 19.0 Å². The van der Waals surface area contributed by atoms with E-state index in [9.17, 15) is 4.79 Å². The molecule has 0 saturated carbocycles. The number of nitrogens with one attached hydrogen (secondary N) is 2. The number of hydrogen-bond donors (Lipinski definition) is 2. The number of carbonyl (C=O) groups excluding carboxylic acids is 1. The monoisotopic (exact) mass is 282 g/mol. The normalized spacial score (nSPS) is 22.9. The minimum Gasteiger partial charge on any atom is -0.495 e. The Morgan fingerprint density at radius 3 is 2.84 bits per heavy atom. The molecule has 4 nitrogen and oxygen atoms in total. The van der Waals surface area contributed by atoms with Crippen LogP contribution in [0, 0.1) is 0 Å². The van der Waals surface area contributed by atoms with Gasteiger partial charge < -0.3 is 15.4 Å². The molecule has 2 rings (SSSR count). The van der Waals surface area contributed by atoms with Gasteiger partial charge in [-0.1, -0.05) is 11.6 Å². The quantitative estimate of drug-likeness (QED) is 0.896. The Kier molecular flexibility index (Phi) is 4.32. The number of rotatable bonds is 3. The molecule has 0 aromatic heterocycles. The van der Waals surface area contributed by atoms with Gasteiger partial charge in [0.05, 0.1) is 17.7 Å². The van der Waals surface area contributed by atoms with Crippen molar-refractivity contribution >= 4 is 23.2 Å². The van der Waals surface area contributed by atoms with Gasteiger partial charge in [0.1, 0.15) is 5.75 Å². The van der Waals surface area contributed by atoms with Crippen LogP contribution in [-0.4, -0.2) is 25.1 Å². The van der Waals surface area contributed by atoms with E-state index in [1.807, 2.05) is 6.92 Å². The molecular weight excluding hydrogens is 264 g/mol. The summed E-state index contributed by atoms with van der Waals surface area (Å²) in [6.45, 7) is 2.82. The van der Waals surface area contributed by atoms with E-state index >= 15 is 0 Å². The Morgan fingerprint density at radius 2 is 2.26 bits per heavy atom. The second-order valence-corrected chi connectivity index (χ2v) is 5.43. The van der Waals surface area contributed by atoms with E-state index in [0.717, 1.165) is 25.8 Å². The average Bonchev–Trinajstić information content (AvgIpc) is 2.40. The number of carbonyl (C=O) groups is 1. The zero-order valence-electron chi connectivity index (χ0n) is 11.3. The predicted octanol–water partition coefficient (Wildman–Crippen LogP) is 2.82. The molecule has 1 aromatic carbocycles. The number of anilines is 1. The van der Waals surface area contributed by atoms with Crippen molar-refractivity contribution in [3.05, 3.63) is 23.2 Å². The fourth-order valence-corrected chi connectivity index (χ4v) is 2.52. The van der Waals surface area contributed by atoms with Gasteiger partial charge in [0, 0.05) is 5.69 Å². The van der Waals surface area contributed by atoms with Crippen molar-refractivity contribution in [3.63, 3.8) is 0 Å². The summed E-state index contributed by atoms with van der Waals surface area (Å²) in [5, 5.41) is 6.67. The molecule has 1 amide bonds. The first-order valence-corrected chi connectivity index (χ1v) is 6.83. The van der Waals surface area contributed by atoms with Crippen LogP contribution >= 0.6 is 11.6 Å². The van der Waals surface area contributed by atoms with Gasteiger partial charge in [0.15, 0.2) is 0 Å². The lowest BCUT2D eigenvalue weighted by Crippen LogP contribution is -2.54. The zero-order valence-corrected chi connectivity index (χ0v) is 12.0. The van der Waals surface area contributed by atoms with E-state index < -0.39 is 5.54 Å². The smallest absolute Gasteiger partial charge is 0.244 e. The number of amides is 1. The first-order chi connectivity index (χ1) is 9.05. The Labute approximate surface area is 118 Å². The van der Waals surface area contributed by atoms with Gasteiger partial charge in [-0.25, -0.2) is 0 Å². The van der Waals surface area contributed by atoms with Crippen LogP contribution < -0.4 is 15.4 Å². The Bertz CT molecular complexity index is 471.